The van der Waals surface area contributed by atoms with Gasteiger partial charge in [-0.3, -0.25) is 0 Å². The molecule has 0 radical (unpaired) electrons. The van der Waals surface area contributed by atoms with Crippen LogP contribution >= 0.6 is 0 Å². The van der Waals surface area contributed by atoms with Crippen molar-refractivity contribution >= 4 is 11.7 Å². The zero-order valence-electron chi connectivity index (χ0n) is 16.5. The molecule has 1 aliphatic heterocycles. The Bertz CT molecular complexity index is 1040. The van der Waals surface area contributed by atoms with Gasteiger partial charge in [0, 0.05) is 12.4 Å². The van der Waals surface area contributed by atoms with E-state index < -0.39 is 12.3 Å². The number of aromatic nitrogens is 1. The van der Waals surface area contributed by atoms with Gasteiger partial charge in [0.2, 0.25) is 0 Å². The highest BCUT2D eigenvalue weighted by Crippen LogP contribution is 2.33. The minimum Gasteiger partial charge on any atom is -0.487 e. The first kappa shape index (κ1) is 20.6. The highest BCUT2D eigenvalue weighted by atomic mass is 19.4. The summed E-state index contributed by atoms with van der Waals surface area (Å²) in [7, 11) is 1.34. The molecule has 0 amide bonds. The largest absolute Gasteiger partial charge is 0.573 e. The molecular formula is C22H19F3N2O4. The molecule has 0 unspecified atom stereocenters. The average Bonchev–Trinajstić information content (AvgIpc) is 3.24. The topological polar surface area (TPSA) is 52.9 Å². The summed E-state index contributed by atoms with van der Waals surface area (Å²) in [6.07, 6.45) is -1.17. The van der Waals surface area contributed by atoms with Gasteiger partial charge in [-0.2, -0.15) is 0 Å². The van der Waals surface area contributed by atoms with Crippen LogP contribution in [0.5, 0.6) is 11.5 Å². The SMILES string of the molecule is COC(=O)c1cccc(N2CC(Oc3ccc(OC(F)(F)F)cc3)C2)c1-n1cccc1. The molecule has 0 N–H and O–H groups in total. The number of halogens is 3. The van der Waals surface area contributed by atoms with Crippen LogP contribution in [0.3, 0.4) is 0 Å². The summed E-state index contributed by atoms with van der Waals surface area (Å²) in [5.41, 5.74) is 2.01. The van der Waals surface area contributed by atoms with Crippen LogP contribution in [0.2, 0.25) is 0 Å². The first-order valence-corrected chi connectivity index (χ1v) is 9.46. The molecule has 31 heavy (non-hydrogen) atoms. The van der Waals surface area contributed by atoms with E-state index >= 15 is 0 Å². The van der Waals surface area contributed by atoms with Crippen LogP contribution in [0.15, 0.2) is 67.0 Å². The fourth-order valence-electron chi connectivity index (χ4n) is 3.44. The predicted octanol–water partition coefficient (Wildman–Crippen LogP) is 4.43. The summed E-state index contributed by atoms with van der Waals surface area (Å²) in [4.78, 5) is 14.3. The molecule has 2 aromatic carbocycles. The number of esters is 1. The van der Waals surface area contributed by atoms with E-state index in [4.69, 9.17) is 9.47 Å². The van der Waals surface area contributed by atoms with E-state index in [0.717, 1.165) is 5.69 Å². The quantitative estimate of drug-likeness (QED) is 0.540. The summed E-state index contributed by atoms with van der Waals surface area (Å²) < 4.78 is 53.3. The molecular weight excluding hydrogens is 413 g/mol. The van der Waals surface area contributed by atoms with Crippen molar-refractivity contribution in [1.29, 1.82) is 0 Å². The molecule has 2 heterocycles. The van der Waals surface area contributed by atoms with Crippen LogP contribution in [0.25, 0.3) is 5.69 Å². The molecule has 0 spiro atoms. The van der Waals surface area contributed by atoms with E-state index in [2.05, 4.69) is 9.64 Å². The standard InChI is InChI=1S/C22H19F3N2O4/c1-29-21(28)18-5-4-6-19(20(18)26-11-2-3-12-26)27-13-17(14-27)30-15-7-9-16(10-8-15)31-22(23,24)25/h2-12,17H,13-14H2,1H3. The van der Waals surface area contributed by atoms with E-state index in [0.29, 0.717) is 30.1 Å². The molecule has 0 bridgehead atoms. The number of benzene rings is 2. The normalized spacial score (nSPS) is 14.1. The van der Waals surface area contributed by atoms with Crippen LogP contribution in [0, 0.1) is 0 Å². The molecule has 4 rings (SSSR count). The number of anilines is 1. The maximum absolute atomic E-state index is 12.3. The van der Waals surface area contributed by atoms with Crippen molar-refractivity contribution < 1.29 is 32.2 Å². The van der Waals surface area contributed by atoms with E-state index in [1.807, 2.05) is 35.2 Å². The summed E-state index contributed by atoms with van der Waals surface area (Å²) in [6.45, 7) is 1.11. The van der Waals surface area contributed by atoms with Crippen molar-refractivity contribution in [2.75, 3.05) is 25.1 Å². The third kappa shape index (κ3) is 4.60. The van der Waals surface area contributed by atoms with Crippen molar-refractivity contribution in [3.05, 3.63) is 72.6 Å². The van der Waals surface area contributed by atoms with Crippen molar-refractivity contribution in [3.63, 3.8) is 0 Å². The number of nitrogens with zero attached hydrogens (tertiary/aromatic N) is 2. The van der Waals surface area contributed by atoms with E-state index in [-0.39, 0.29) is 11.9 Å². The molecule has 1 saturated heterocycles. The lowest BCUT2D eigenvalue weighted by molar-refractivity contribution is -0.274. The molecule has 1 fully saturated rings. The molecule has 1 aliphatic rings. The first-order valence-electron chi connectivity index (χ1n) is 9.46. The van der Waals surface area contributed by atoms with Crippen LogP contribution < -0.4 is 14.4 Å². The number of ether oxygens (including phenoxy) is 3. The van der Waals surface area contributed by atoms with Crippen molar-refractivity contribution in [3.8, 4) is 17.2 Å². The maximum Gasteiger partial charge on any atom is 0.573 e. The average molecular weight is 432 g/mol. The number of rotatable bonds is 6. The highest BCUT2D eigenvalue weighted by molar-refractivity contribution is 5.96. The summed E-state index contributed by atoms with van der Waals surface area (Å²) in [5.74, 6) is -0.278. The van der Waals surface area contributed by atoms with Crippen LogP contribution in [0.1, 0.15) is 10.4 Å². The third-order valence-electron chi connectivity index (χ3n) is 4.83. The first-order chi connectivity index (χ1) is 14.8. The van der Waals surface area contributed by atoms with Gasteiger partial charge in [0.25, 0.3) is 0 Å². The molecule has 0 saturated carbocycles. The van der Waals surface area contributed by atoms with Gasteiger partial charge >= 0.3 is 12.3 Å². The van der Waals surface area contributed by atoms with Crippen LogP contribution in [0.4, 0.5) is 18.9 Å². The molecule has 3 aromatic rings. The Balaban J connectivity index is 1.46. The lowest BCUT2D eigenvalue weighted by atomic mass is 10.1. The second-order valence-electron chi connectivity index (χ2n) is 6.92. The Morgan fingerprint density at radius 3 is 2.23 bits per heavy atom. The molecule has 162 valence electrons. The molecule has 6 nitrogen and oxygen atoms in total. The van der Waals surface area contributed by atoms with Gasteiger partial charge in [0.1, 0.15) is 17.6 Å². The molecule has 0 atom stereocenters. The van der Waals surface area contributed by atoms with Gasteiger partial charge < -0.3 is 23.7 Å². The van der Waals surface area contributed by atoms with Crippen LogP contribution in [-0.2, 0) is 4.74 Å². The zero-order chi connectivity index (χ0) is 22.0. The van der Waals surface area contributed by atoms with Gasteiger partial charge in [-0.15, -0.1) is 13.2 Å². The number of carbonyl (C=O) groups is 1. The lowest BCUT2D eigenvalue weighted by Gasteiger charge is -2.41. The Morgan fingerprint density at radius 1 is 0.968 bits per heavy atom. The molecule has 0 aliphatic carbocycles. The van der Waals surface area contributed by atoms with Crippen molar-refractivity contribution in [2.24, 2.45) is 0 Å². The summed E-state index contributed by atoms with van der Waals surface area (Å²) >= 11 is 0. The fourth-order valence-corrected chi connectivity index (χ4v) is 3.44. The minimum atomic E-state index is -4.73. The Morgan fingerprint density at radius 2 is 1.61 bits per heavy atom. The van der Waals surface area contributed by atoms with Gasteiger partial charge in [-0.1, -0.05) is 6.07 Å². The van der Waals surface area contributed by atoms with Gasteiger partial charge in [-0.25, -0.2) is 4.79 Å². The zero-order valence-corrected chi connectivity index (χ0v) is 16.5. The summed E-state index contributed by atoms with van der Waals surface area (Å²) in [5, 5.41) is 0. The van der Waals surface area contributed by atoms with Crippen molar-refractivity contribution in [1.82, 2.24) is 4.57 Å². The van der Waals surface area contributed by atoms with Gasteiger partial charge in [0.05, 0.1) is 37.1 Å². The van der Waals surface area contributed by atoms with E-state index in [1.54, 1.807) is 12.1 Å². The van der Waals surface area contributed by atoms with E-state index in [1.165, 1.54) is 31.4 Å². The Hall–Kier alpha value is -3.62. The minimum absolute atomic E-state index is 0.145. The number of hydrogen-bond acceptors (Lipinski definition) is 5. The second-order valence-corrected chi connectivity index (χ2v) is 6.92. The Kier molecular flexibility index (Phi) is 5.50. The third-order valence-corrected chi connectivity index (χ3v) is 4.83. The smallest absolute Gasteiger partial charge is 0.487 e. The Labute approximate surface area is 176 Å². The lowest BCUT2D eigenvalue weighted by Crippen LogP contribution is -2.54. The number of carbonyl (C=O) groups excluding carboxylic acids is 1. The number of alkyl halides is 3. The summed E-state index contributed by atoms with van der Waals surface area (Å²) in [6, 6.07) is 14.5. The van der Waals surface area contributed by atoms with Gasteiger partial charge in [-0.05, 0) is 48.5 Å². The number of para-hydroxylation sites is 1. The predicted molar refractivity (Wildman–Crippen MR) is 107 cm³/mol. The number of hydrogen-bond donors (Lipinski definition) is 0. The monoisotopic (exact) mass is 432 g/mol. The van der Waals surface area contributed by atoms with Crippen LogP contribution in [-0.4, -0.2) is 43.2 Å². The molecule has 1 aromatic heterocycles. The van der Waals surface area contributed by atoms with Crippen molar-refractivity contribution in [2.45, 2.75) is 12.5 Å². The maximum atomic E-state index is 12.3. The molecule has 9 heteroatoms. The van der Waals surface area contributed by atoms with E-state index in [9.17, 15) is 18.0 Å². The highest BCUT2D eigenvalue weighted by Gasteiger charge is 2.33. The van der Waals surface area contributed by atoms with Gasteiger partial charge in [0.15, 0.2) is 0 Å². The fraction of sp³-hybridized carbons (Fsp3) is 0.227. The second kappa shape index (κ2) is 8.25. The number of methoxy groups -OCH3 is 1.